The topological polar surface area (TPSA) is 66.9 Å². The molecule has 2 heterocycles. The van der Waals surface area contributed by atoms with Gasteiger partial charge in [0.15, 0.2) is 0 Å². The Kier molecular flexibility index (Phi) is 4.75. The van der Waals surface area contributed by atoms with Crippen molar-refractivity contribution >= 4 is 35.0 Å². The van der Waals surface area contributed by atoms with Crippen LogP contribution in [0.5, 0.6) is 0 Å². The third-order valence-electron chi connectivity index (χ3n) is 3.85. The van der Waals surface area contributed by atoms with Crippen molar-refractivity contribution in [1.82, 2.24) is 15.3 Å². The molecule has 2 aromatic rings. The second-order valence-corrected chi connectivity index (χ2v) is 5.43. The monoisotopic (exact) mass is 306 g/mol. The molecule has 3 rings (SSSR count). The molecular weight excluding hydrogens is 288 g/mol. The first-order valence-corrected chi connectivity index (χ1v) is 6.95. The maximum Gasteiger partial charge on any atom is 0.244 e. The van der Waals surface area contributed by atoms with Gasteiger partial charge in [0, 0.05) is 18.1 Å². The van der Waals surface area contributed by atoms with Crippen LogP contribution in [0.4, 0.5) is 5.69 Å². The Morgan fingerprint density at radius 1 is 1.24 bits per heavy atom. The number of carbonyl (C=O) groups is 1. The SMILES string of the molecule is CC1(C(=O)Nc2ccc3nccnc3c2)CCCCN1.Cl. The van der Waals surface area contributed by atoms with Crippen LogP contribution in [0.25, 0.3) is 11.0 Å². The van der Waals surface area contributed by atoms with Crippen LogP contribution in [0.3, 0.4) is 0 Å². The molecule has 1 aromatic carbocycles. The Morgan fingerprint density at radius 3 is 2.71 bits per heavy atom. The van der Waals surface area contributed by atoms with Crippen LogP contribution < -0.4 is 10.6 Å². The lowest BCUT2D eigenvalue weighted by atomic mass is 9.90. The van der Waals surface area contributed by atoms with Crippen LogP contribution >= 0.6 is 12.4 Å². The van der Waals surface area contributed by atoms with Gasteiger partial charge in [-0.1, -0.05) is 0 Å². The van der Waals surface area contributed by atoms with Crippen molar-refractivity contribution in [2.75, 3.05) is 11.9 Å². The predicted molar refractivity (Wildman–Crippen MR) is 85.7 cm³/mol. The number of hydrogen-bond donors (Lipinski definition) is 2. The van der Waals surface area contributed by atoms with Crippen LogP contribution in [0, 0.1) is 0 Å². The van der Waals surface area contributed by atoms with E-state index in [9.17, 15) is 4.79 Å². The van der Waals surface area contributed by atoms with Gasteiger partial charge in [-0.25, -0.2) is 0 Å². The summed E-state index contributed by atoms with van der Waals surface area (Å²) in [5.74, 6) is 0.0143. The number of piperidine rings is 1. The molecule has 6 heteroatoms. The smallest absolute Gasteiger partial charge is 0.244 e. The van der Waals surface area contributed by atoms with Gasteiger partial charge < -0.3 is 10.6 Å². The number of rotatable bonds is 2. The normalized spacial score (nSPS) is 21.6. The lowest BCUT2D eigenvalue weighted by Crippen LogP contribution is -2.54. The molecule has 1 aliphatic rings. The summed E-state index contributed by atoms with van der Waals surface area (Å²) in [7, 11) is 0. The summed E-state index contributed by atoms with van der Waals surface area (Å²) in [4.78, 5) is 20.9. The number of fused-ring (bicyclic) bond motifs is 1. The summed E-state index contributed by atoms with van der Waals surface area (Å²) < 4.78 is 0. The zero-order valence-electron chi connectivity index (χ0n) is 11.9. The summed E-state index contributed by atoms with van der Waals surface area (Å²) in [5.41, 5.74) is 1.89. The number of aromatic nitrogens is 2. The van der Waals surface area contributed by atoms with Gasteiger partial charge in [-0.3, -0.25) is 14.8 Å². The second kappa shape index (κ2) is 6.37. The average Bonchev–Trinajstić information content (AvgIpc) is 2.48. The number of nitrogens with zero attached hydrogens (tertiary/aromatic N) is 2. The molecule has 5 nitrogen and oxygen atoms in total. The molecule has 112 valence electrons. The van der Waals surface area contributed by atoms with E-state index in [1.54, 1.807) is 12.4 Å². The lowest BCUT2D eigenvalue weighted by Gasteiger charge is -2.33. The van der Waals surface area contributed by atoms with Crippen molar-refractivity contribution in [2.45, 2.75) is 31.7 Å². The van der Waals surface area contributed by atoms with Crippen molar-refractivity contribution in [3.63, 3.8) is 0 Å². The van der Waals surface area contributed by atoms with Gasteiger partial charge in [-0.05, 0) is 50.9 Å². The fourth-order valence-corrected chi connectivity index (χ4v) is 2.56. The highest BCUT2D eigenvalue weighted by Gasteiger charge is 2.34. The number of carbonyl (C=O) groups excluding carboxylic acids is 1. The second-order valence-electron chi connectivity index (χ2n) is 5.43. The van der Waals surface area contributed by atoms with Crippen LogP contribution in [0.1, 0.15) is 26.2 Å². The van der Waals surface area contributed by atoms with Crippen LogP contribution in [-0.2, 0) is 4.79 Å². The zero-order chi connectivity index (χ0) is 14.0. The summed E-state index contributed by atoms with van der Waals surface area (Å²) in [5, 5.41) is 6.29. The molecular formula is C15H19ClN4O. The molecule has 1 saturated heterocycles. The summed E-state index contributed by atoms with van der Waals surface area (Å²) in [6, 6.07) is 5.59. The minimum absolute atomic E-state index is 0. The number of anilines is 1. The average molecular weight is 307 g/mol. The Balaban J connectivity index is 0.00000161. The van der Waals surface area contributed by atoms with E-state index in [0.29, 0.717) is 0 Å². The Labute approximate surface area is 130 Å². The third kappa shape index (κ3) is 3.31. The molecule has 2 N–H and O–H groups in total. The van der Waals surface area contributed by atoms with E-state index in [1.807, 2.05) is 25.1 Å². The molecule has 0 saturated carbocycles. The van der Waals surface area contributed by atoms with Crippen LogP contribution in [-0.4, -0.2) is 28.0 Å². The molecule has 1 fully saturated rings. The number of nitrogens with one attached hydrogen (secondary N) is 2. The molecule has 0 aliphatic carbocycles. The standard InChI is InChI=1S/C15H18N4O.ClH/c1-15(6-2-3-7-18-15)14(20)19-11-4-5-12-13(10-11)17-9-8-16-12;/h4-5,8-10,18H,2-3,6-7H2,1H3,(H,19,20);1H. The van der Waals surface area contributed by atoms with Crippen molar-refractivity contribution in [3.05, 3.63) is 30.6 Å². The van der Waals surface area contributed by atoms with E-state index < -0.39 is 5.54 Å². The minimum Gasteiger partial charge on any atom is -0.324 e. The molecule has 1 aromatic heterocycles. The van der Waals surface area contributed by atoms with Crippen molar-refractivity contribution < 1.29 is 4.79 Å². The largest absolute Gasteiger partial charge is 0.324 e. The van der Waals surface area contributed by atoms with Gasteiger partial charge in [-0.15, -0.1) is 12.4 Å². The fourth-order valence-electron chi connectivity index (χ4n) is 2.56. The van der Waals surface area contributed by atoms with E-state index >= 15 is 0 Å². The highest BCUT2D eigenvalue weighted by Crippen LogP contribution is 2.22. The number of halogens is 1. The highest BCUT2D eigenvalue weighted by atomic mass is 35.5. The molecule has 0 bridgehead atoms. The third-order valence-corrected chi connectivity index (χ3v) is 3.85. The first kappa shape index (κ1) is 15.7. The van der Waals surface area contributed by atoms with Gasteiger partial charge in [-0.2, -0.15) is 0 Å². The molecule has 0 radical (unpaired) electrons. The van der Waals surface area contributed by atoms with E-state index in [1.165, 1.54) is 0 Å². The Morgan fingerprint density at radius 2 is 2.00 bits per heavy atom. The zero-order valence-corrected chi connectivity index (χ0v) is 12.7. The summed E-state index contributed by atoms with van der Waals surface area (Å²) in [6.45, 7) is 2.86. The quantitative estimate of drug-likeness (QED) is 0.894. The Hall–Kier alpha value is -1.72. The van der Waals surface area contributed by atoms with Crippen LogP contribution in [0.2, 0.25) is 0 Å². The van der Waals surface area contributed by atoms with Gasteiger partial charge in [0.2, 0.25) is 5.91 Å². The predicted octanol–water partition coefficient (Wildman–Crippen LogP) is 2.52. The lowest BCUT2D eigenvalue weighted by molar-refractivity contribution is -0.122. The van der Waals surface area contributed by atoms with Crippen molar-refractivity contribution in [3.8, 4) is 0 Å². The summed E-state index contributed by atoms with van der Waals surface area (Å²) in [6.07, 6.45) is 6.40. The maximum absolute atomic E-state index is 12.4. The molecule has 1 unspecified atom stereocenters. The molecule has 21 heavy (non-hydrogen) atoms. The van der Waals surface area contributed by atoms with E-state index in [0.717, 1.165) is 42.5 Å². The van der Waals surface area contributed by atoms with E-state index in [-0.39, 0.29) is 18.3 Å². The van der Waals surface area contributed by atoms with Crippen molar-refractivity contribution in [1.29, 1.82) is 0 Å². The molecule has 0 spiro atoms. The van der Waals surface area contributed by atoms with Crippen molar-refractivity contribution in [2.24, 2.45) is 0 Å². The first-order valence-electron chi connectivity index (χ1n) is 6.95. The van der Waals surface area contributed by atoms with Gasteiger partial charge in [0.05, 0.1) is 16.6 Å². The van der Waals surface area contributed by atoms with Gasteiger partial charge in [0.25, 0.3) is 0 Å². The molecule has 1 atom stereocenters. The maximum atomic E-state index is 12.4. The number of amides is 1. The highest BCUT2D eigenvalue weighted by molar-refractivity contribution is 5.99. The van der Waals surface area contributed by atoms with Gasteiger partial charge in [0.1, 0.15) is 0 Å². The minimum atomic E-state index is -0.477. The van der Waals surface area contributed by atoms with Gasteiger partial charge >= 0.3 is 0 Å². The molecule has 1 amide bonds. The van der Waals surface area contributed by atoms with E-state index in [2.05, 4.69) is 20.6 Å². The molecule has 1 aliphatic heterocycles. The summed E-state index contributed by atoms with van der Waals surface area (Å²) >= 11 is 0. The van der Waals surface area contributed by atoms with E-state index in [4.69, 9.17) is 0 Å². The fraction of sp³-hybridized carbons (Fsp3) is 0.400. The van der Waals surface area contributed by atoms with Crippen LogP contribution in [0.15, 0.2) is 30.6 Å². The Bertz CT molecular complexity index is 640. The number of benzene rings is 1. The first-order chi connectivity index (χ1) is 9.67. The number of hydrogen-bond acceptors (Lipinski definition) is 4.